The van der Waals surface area contributed by atoms with E-state index in [0.29, 0.717) is 10.7 Å². The maximum absolute atomic E-state index is 11.2. The van der Waals surface area contributed by atoms with Crippen LogP contribution in [0.15, 0.2) is 24.5 Å². The lowest BCUT2D eigenvalue weighted by Gasteiger charge is -2.05. The highest BCUT2D eigenvalue weighted by Gasteiger charge is 2.06. The average molecular weight is 195 g/mol. The highest BCUT2D eigenvalue weighted by Crippen LogP contribution is 2.18. The topological polar surface area (TPSA) is 39.8 Å². The predicted molar refractivity (Wildman–Crippen MR) is 50.5 cm³/mol. The van der Waals surface area contributed by atoms with E-state index in [4.69, 9.17) is 11.6 Å². The number of aryl methyl sites for hydroxylation is 1. The number of hydrogen-bond donors (Lipinski definition) is 0. The molecule has 0 fully saturated rings. The minimum atomic E-state index is 0.614. The molecule has 4 heteroatoms. The van der Waals surface area contributed by atoms with Crippen LogP contribution >= 0.6 is 11.6 Å². The summed E-state index contributed by atoms with van der Waals surface area (Å²) < 4.78 is 0.735. The molecule has 0 amide bonds. The van der Waals surface area contributed by atoms with Crippen LogP contribution in [0.4, 0.5) is 0 Å². The van der Waals surface area contributed by atoms with Gasteiger partial charge in [-0.05, 0) is 30.1 Å². The molecule has 1 aromatic carbocycles. The highest BCUT2D eigenvalue weighted by molar-refractivity contribution is 6.31. The number of hydrogen-bond acceptors (Lipinski definition) is 2. The molecule has 2 rings (SSSR count). The molecule has 0 aliphatic heterocycles. The standard InChI is InChI=1S/C9H7ClN2O/c1-6-8-4-7(10)2-3-9(8)11-5-12(6)13/h2-5H,1H3. The normalized spacial score (nSPS) is 10.6. The molecule has 0 unspecified atom stereocenters. The van der Waals surface area contributed by atoms with Crippen LogP contribution in [0.2, 0.25) is 5.02 Å². The first kappa shape index (κ1) is 8.26. The summed E-state index contributed by atoms with van der Waals surface area (Å²) in [4.78, 5) is 3.97. The van der Waals surface area contributed by atoms with Crippen molar-refractivity contribution in [1.29, 1.82) is 0 Å². The molecule has 0 atom stereocenters. The van der Waals surface area contributed by atoms with E-state index in [-0.39, 0.29) is 0 Å². The van der Waals surface area contributed by atoms with Crippen LogP contribution in [-0.4, -0.2) is 4.98 Å². The average Bonchev–Trinajstić information content (AvgIpc) is 2.12. The fraction of sp³-hybridized carbons (Fsp3) is 0.111. The van der Waals surface area contributed by atoms with E-state index in [0.717, 1.165) is 15.6 Å². The fourth-order valence-corrected chi connectivity index (χ4v) is 1.40. The molecule has 0 spiro atoms. The molecule has 0 aliphatic carbocycles. The number of halogens is 1. The van der Waals surface area contributed by atoms with E-state index in [1.54, 1.807) is 25.1 Å². The van der Waals surface area contributed by atoms with Crippen LogP contribution in [0.25, 0.3) is 10.9 Å². The Bertz CT molecular complexity index is 465. The largest absolute Gasteiger partial charge is 0.711 e. The molecule has 0 N–H and O–H groups in total. The van der Waals surface area contributed by atoms with E-state index in [1.165, 1.54) is 6.33 Å². The van der Waals surface area contributed by atoms with Gasteiger partial charge in [-0.25, -0.2) is 4.73 Å². The third-order valence-electron chi connectivity index (χ3n) is 1.98. The molecule has 3 nitrogen and oxygen atoms in total. The van der Waals surface area contributed by atoms with Gasteiger partial charge in [0.05, 0.1) is 5.39 Å². The summed E-state index contributed by atoms with van der Waals surface area (Å²) in [6.45, 7) is 1.74. The summed E-state index contributed by atoms with van der Waals surface area (Å²) in [7, 11) is 0. The summed E-state index contributed by atoms with van der Waals surface area (Å²) in [5, 5.41) is 12.6. The van der Waals surface area contributed by atoms with E-state index in [1.807, 2.05) is 0 Å². The van der Waals surface area contributed by atoms with E-state index < -0.39 is 0 Å². The Kier molecular flexibility index (Phi) is 1.81. The molecule has 66 valence electrons. The minimum absolute atomic E-state index is 0.614. The van der Waals surface area contributed by atoms with Gasteiger partial charge in [-0.3, -0.25) is 0 Å². The summed E-state index contributed by atoms with van der Waals surface area (Å²) in [5.74, 6) is 0. The Morgan fingerprint density at radius 1 is 1.46 bits per heavy atom. The molecule has 0 saturated heterocycles. The molecule has 2 aromatic rings. The van der Waals surface area contributed by atoms with Crippen molar-refractivity contribution in [1.82, 2.24) is 4.98 Å². The monoisotopic (exact) mass is 194 g/mol. The van der Waals surface area contributed by atoms with Crippen molar-refractivity contribution < 1.29 is 4.73 Å². The van der Waals surface area contributed by atoms with E-state index in [2.05, 4.69) is 4.98 Å². The SMILES string of the molecule is Cc1c2cc(Cl)ccc2nc[n+]1[O-]. The van der Waals surface area contributed by atoms with Gasteiger partial charge in [-0.1, -0.05) is 11.6 Å². The van der Waals surface area contributed by atoms with Crippen molar-refractivity contribution in [2.24, 2.45) is 0 Å². The molecule has 1 aromatic heterocycles. The van der Waals surface area contributed by atoms with Crippen LogP contribution < -0.4 is 4.73 Å². The van der Waals surface area contributed by atoms with Gasteiger partial charge in [-0.2, -0.15) is 0 Å². The van der Waals surface area contributed by atoms with Gasteiger partial charge in [0, 0.05) is 5.02 Å². The van der Waals surface area contributed by atoms with Gasteiger partial charge in [0.15, 0.2) is 5.52 Å². The minimum Gasteiger partial charge on any atom is -0.711 e. The van der Waals surface area contributed by atoms with Gasteiger partial charge >= 0.3 is 0 Å². The van der Waals surface area contributed by atoms with Crippen molar-refractivity contribution in [3.63, 3.8) is 0 Å². The number of fused-ring (bicyclic) bond motifs is 1. The summed E-state index contributed by atoms with van der Waals surface area (Å²) in [6, 6.07) is 5.30. The number of nitrogens with zero attached hydrogens (tertiary/aromatic N) is 2. The predicted octanol–water partition coefficient (Wildman–Crippen LogP) is 1.83. The fourth-order valence-electron chi connectivity index (χ4n) is 1.23. The summed E-state index contributed by atoms with van der Waals surface area (Å²) in [5.41, 5.74) is 1.40. The van der Waals surface area contributed by atoms with Crippen molar-refractivity contribution in [2.75, 3.05) is 0 Å². The second-order valence-corrected chi connectivity index (χ2v) is 3.25. The lowest BCUT2D eigenvalue weighted by molar-refractivity contribution is -0.613. The van der Waals surface area contributed by atoms with Gasteiger partial charge < -0.3 is 5.21 Å². The van der Waals surface area contributed by atoms with Crippen molar-refractivity contribution in [3.8, 4) is 0 Å². The molecule has 0 saturated carbocycles. The van der Waals surface area contributed by atoms with Crippen LogP contribution in [0.3, 0.4) is 0 Å². The van der Waals surface area contributed by atoms with Crippen LogP contribution in [0, 0.1) is 12.1 Å². The number of benzene rings is 1. The Labute approximate surface area is 80.2 Å². The second-order valence-electron chi connectivity index (χ2n) is 2.82. The molecule has 13 heavy (non-hydrogen) atoms. The first-order valence-electron chi connectivity index (χ1n) is 3.82. The van der Waals surface area contributed by atoms with Crippen LogP contribution in [-0.2, 0) is 0 Å². The third kappa shape index (κ3) is 1.31. The van der Waals surface area contributed by atoms with Gasteiger partial charge in [0.1, 0.15) is 5.69 Å². The van der Waals surface area contributed by atoms with Crippen molar-refractivity contribution in [2.45, 2.75) is 6.92 Å². The molecule has 1 heterocycles. The van der Waals surface area contributed by atoms with Crippen molar-refractivity contribution in [3.05, 3.63) is 40.5 Å². The lowest BCUT2D eigenvalue weighted by atomic mass is 10.2. The van der Waals surface area contributed by atoms with E-state index in [9.17, 15) is 5.21 Å². The second kappa shape index (κ2) is 2.85. The zero-order valence-electron chi connectivity index (χ0n) is 6.99. The highest BCUT2D eigenvalue weighted by atomic mass is 35.5. The Morgan fingerprint density at radius 2 is 2.23 bits per heavy atom. The van der Waals surface area contributed by atoms with Crippen LogP contribution in [0.5, 0.6) is 0 Å². The Morgan fingerprint density at radius 3 is 3.00 bits per heavy atom. The molecule has 0 aliphatic rings. The molecular weight excluding hydrogens is 188 g/mol. The summed E-state index contributed by atoms with van der Waals surface area (Å²) in [6.07, 6.45) is 1.26. The molecular formula is C9H7ClN2O. The van der Waals surface area contributed by atoms with E-state index >= 15 is 0 Å². The number of aromatic nitrogens is 2. The number of rotatable bonds is 0. The first-order valence-corrected chi connectivity index (χ1v) is 4.20. The van der Waals surface area contributed by atoms with Crippen LogP contribution in [0.1, 0.15) is 5.69 Å². The Balaban J connectivity index is 2.89. The summed E-state index contributed by atoms with van der Waals surface area (Å²) >= 11 is 5.80. The maximum Gasteiger partial charge on any atom is 0.290 e. The first-order chi connectivity index (χ1) is 6.18. The van der Waals surface area contributed by atoms with Gasteiger partial charge in [-0.15, -0.1) is 0 Å². The molecule has 0 bridgehead atoms. The lowest BCUT2D eigenvalue weighted by Crippen LogP contribution is -2.30. The Hall–Kier alpha value is -1.35. The maximum atomic E-state index is 11.2. The smallest absolute Gasteiger partial charge is 0.290 e. The quantitative estimate of drug-likeness (QED) is 0.474. The van der Waals surface area contributed by atoms with Gasteiger partial charge in [0.2, 0.25) is 0 Å². The molecule has 0 radical (unpaired) electrons. The zero-order valence-corrected chi connectivity index (χ0v) is 7.75. The zero-order chi connectivity index (χ0) is 9.42. The van der Waals surface area contributed by atoms with Crippen molar-refractivity contribution >= 4 is 22.5 Å². The third-order valence-corrected chi connectivity index (χ3v) is 2.22. The van der Waals surface area contributed by atoms with Gasteiger partial charge in [0.25, 0.3) is 6.33 Å².